The van der Waals surface area contributed by atoms with Crippen molar-refractivity contribution >= 4 is 5.69 Å². The normalized spacial score (nSPS) is 12.2. The maximum Gasteiger partial charge on any atom is 0.101 e. The molecule has 0 aromatic heterocycles. The smallest absolute Gasteiger partial charge is 0.101 e. The van der Waals surface area contributed by atoms with Crippen LogP contribution in [-0.2, 0) is 0 Å². The van der Waals surface area contributed by atoms with E-state index in [4.69, 9.17) is 5.26 Å². The highest BCUT2D eigenvalue weighted by Gasteiger charge is 2.08. The van der Waals surface area contributed by atoms with Gasteiger partial charge in [0.2, 0.25) is 0 Å². The molecule has 1 atom stereocenters. The van der Waals surface area contributed by atoms with Crippen LogP contribution in [0.1, 0.15) is 31.9 Å². The summed E-state index contributed by atoms with van der Waals surface area (Å²) in [7, 11) is 0. The van der Waals surface area contributed by atoms with Gasteiger partial charge in [0.1, 0.15) is 6.07 Å². The number of rotatable bonds is 4. The van der Waals surface area contributed by atoms with Crippen LogP contribution >= 0.6 is 0 Å². The average molecular weight is 216 g/mol. The Hall–Kier alpha value is -1.49. The fourth-order valence-electron chi connectivity index (χ4n) is 1.41. The molecule has 1 unspecified atom stereocenters. The van der Waals surface area contributed by atoms with Crippen molar-refractivity contribution in [2.75, 3.05) is 11.9 Å². The maximum absolute atomic E-state index is 8.99. The van der Waals surface area contributed by atoms with Gasteiger partial charge in [-0.05, 0) is 36.5 Å². The molecule has 16 heavy (non-hydrogen) atoms. The van der Waals surface area contributed by atoms with Gasteiger partial charge in [0.25, 0.3) is 0 Å². The van der Waals surface area contributed by atoms with Crippen LogP contribution in [0.4, 0.5) is 5.69 Å². The van der Waals surface area contributed by atoms with E-state index in [1.807, 2.05) is 25.1 Å². The van der Waals surface area contributed by atoms with Crippen LogP contribution in [0.25, 0.3) is 0 Å². The van der Waals surface area contributed by atoms with Gasteiger partial charge in [0.15, 0.2) is 0 Å². The molecule has 0 spiro atoms. The molecule has 86 valence electrons. The Kier molecular flexibility index (Phi) is 4.37. The SMILES string of the molecule is Cc1ccc(C#N)c(NCC(C)C(C)C)c1. The molecule has 2 nitrogen and oxygen atoms in total. The number of nitriles is 1. The summed E-state index contributed by atoms with van der Waals surface area (Å²) in [5.74, 6) is 1.26. The lowest BCUT2D eigenvalue weighted by Crippen LogP contribution is -2.16. The molecule has 0 fully saturated rings. The van der Waals surface area contributed by atoms with E-state index in [1.165, 1.54) is 5.56 Å². The van der Waals surface area contributed by atoms with Gasteiger partial charge in [-0.3, -0.25) is 0 Å². The molecule has 0 saturated carbocycles. The topological polar surface area (TPSA) is 35.8 Å². The zero-order chi connectivity index (χ0) is 12.1. The Morgan fingerprint density at radius 2 is 2.00 bits per heavy atom. The summed E-state index contributed by atoms with van der Waals surface area (Å²) in [5.41, 5.74) is 2.86. The Labute approximate surface area is 98.3 Å². The zero-order valence-electron chi connectivity index (χ0n) is 10.5. The Bertz CT molecular complexity index is 388. The monoisotopic (exact) mass is 216 g/mol. The van der Waals surface area contributed by atoms with Gasteiger partial charge in [-0.15, -0.1) is 0 Å². The van der Waals surface area contributed by atoms with Crippen molar-refractivity contribution in [1.82, 2.24) is 0 Å². The highest BCUT2D eigenvalue weighted by Crippen LogP contribution is 2.18. The van der Waals surface area contributed by atoms with Crippen LogP contribution in [0.3, 0.4) is 0 Å². The van der Waals surface area contributed by atoms with Crippen LogP contribution < -0.4 is 5.32 Å². The van der Waals surface area contributed by atoms with Crippen molar-refractivity contribution in [3.63, 3.8) is 0 Å². The molecule has 1 N–H and O–H groups in total. The van der Waals surface area contributed by atoms with Crippen LogP contribution in [0.5, 0.6) is 0 Å². The van der Waals surface area contributed by atoms with E-state index in [9.17, 15) is 0 Å². The molecule has 1 aromatic carbocycles. The first-order valence-corrected chi connectivity index (χ1v) is 5.79. The minimum atomic E-state index is 0.604. The van der Waals surface area contributed by atoms with Gasteiger partial charge >= 0.3 is 0 Å². The van der Waals surface area contributed by atoms with E-state index < -0.39 is 0 Å². The van der Waals surface area contributed by atoms with Gasteiger partial charge in [-0.1, -0.05) is 26.8 Å². The molecule has 0 amide bonds. The Morgan fingerprint density at radius 3 is 2.56 bits per heavy atom. The predicted octanol–water partition coefficient (Wildman–Crippen LogP) is 3.57. The van der Waals surface area contributed by atoms with Gasteiger partial charge in [-0.2, -0.15) is 5.26 Å². The summed E-state index contributed by atoms with van der Waals surface area (Å²) in [6, 6.07) is 8.09. The quantitative estimate of drug-likeness (QED) is 0.835. The minimum Gasteiger partial charge on any atom is -0.384 e. The van der Waals surface area contributed by atoms with E-state index in [0.717, 1.165) is 17.8 Å². The first kappa shape index (κ1) is 12.6. The summed E-state index contributed by atoms with van der Waals surface area (Å²) in [6.07, 6.45) is 0. The highest BCUT2D eigenvalue weighted by atomic mass is 14.9. The molecule has 0 saturated heterocycles. The number of benzene rings is 1. The Morgan fingerprint density at radius 1 is 1.31 bits per heavy atom. The third kappa shape index (κ3) is 3.27. The van der Waals surface area contributed by atoms with E-state index in [1.54, 1.807) is 0 Å². The van der Waals surface area contributed by atoms with Crippen molar-refractivity contribution in [1.29, 1.82) is 5.26 Å². The number of hydrogen-bond acceptors (Lipinski definition) is 2. The first-order valence-electron chi connectivity index (χ1n) is 5.79. The summed E-state index contributed by atoms with van der Waals surface area (Å²) < 4.78 is 0. The highest BCUT2D eigenvalue weighted by molar-refractivity contribution is 5.58. The van der Waals surface area contributed by atoms with Crippen molar-refractivity contribution in [3.8, 4) is 6.07 Å². The van der Waals surface area contributed by atoms with Gasteiger partial charge < -0.3 is 5.32 Å². The van der Waals surface area contributed by atoms with Gasteiger partial charge in [-0.25, -0.2) is 0 Å². The predicted molar refractivity (Wildman–Crippen MR) is 68.4 cm³/mol. The summed E-state index contributed by atoms with van der Waals surface area (Å²) in [4.78, 5) is 0. The number of nitrogens with zero attached hydrogens (tertiary/aromatic N) is 1. The second kappa shape index (κ2) is 5.55. The maximum atomic E-state index is 8.99. The molecule has 1 aromatic rings. The van der Waals surface area contributed by atoms with Crippen LogP contribution in [0.15, 0.2) is 18.2 Å². The van der Waals surface area contributed by atoms with E-state index >= 15 is 0 Å². The van der Waals surface area contributed by atoms with Crippen LogP contribution in [0, 0.1) is 30.1 Å². The molecule has 0 heterocycles. The fourth-order valence-corrected chi connectivity index (χ4v) is 1.41. The minimum absolute atomic E-state index is 0.604. The zero-order valence-corrected chi connectivity index (χ0v) is 10.5. The number of anilines is 1. The average Bonchev–Trinajstić information content (AvgIpc) is 2.25. The molecule has 2 heteroatoms. The lowest BCUT2D eigenvalue weighted by atomic mass is 9.98. The van der Waals surface area contributed by atoms with E-state index in [-0.39, 0.29) is 0 Å². The number of aryl methyl sites for hydroxylation is 1. The van der Waals surface area contributed by atoms with E-state index in [2.05, 4.69) is 32.2 Å². The fraction of sp³-hybridized carbons (Fsp3) is 0.500. The largest absolute Gasteiger partial charge is 0.384 e. The summed E-state index contributed by atoms with van der Waals surface area (Å²) >= 11 is 0. The Balaban J connectivity index is 2.73. The second-order valence-corrected chi connectivity index (χ2v) is 4.76. The third-order valence-electron chi connectivity index (χ3n) is 3.05. The summed E-state index contributed by atoms with van der Waals surface area (Å²) in [6.45, 7) is 9.61. The molecule has 1 rings (SSSR count). The molecule has 0 aliphatic rings. The van der Waals surface area contributed by atoms with Gasteiger partial charge in [0.05, 0.1) is 11.3 Å². The number of hydrogen-bond donors (Lipinski definition) is 1. The number of nitrogens with one attached hydrogen (secondary N) is 1. The van der Waals surface area contributed by atoms with Gasteiger partial charge in [0, 0.05) is 6.54 Å². The van der Waals surface area contributed by atoms with Crippen molar-refractivity contribution < 1.29 is 0 Å². The van der Waals surface area contributed by atoms with Crippen LogP contribution in [-0.4, -0.2) is 6.54 Å². The van der Waals surface area contributed by atoms with Crippen LogP contribution in [0.2, 0.25) is 0 Å². The third-order valence-corrected chi connectivity index (χ3v) is 3.05. The molecular weight excluding hydrogens is 196 g/mol. The molecule has 0 aliphatic heterocycles. The standard InChI is InChI=1S/C14H20N2/c1-10(2)12(4)9-16-14-7-11(3)5-6-13(14)8-15/h5-7,10,12,16H,9H2,1-4H3. The molecule has 0 aliphatic carbocycles. The lowest BCUT2D eigenvalue weighted by Gasteiger charge is -2.17. The van der Waals surface area contributed by atoms with Crippen molar-refractivity contribution in [2.45, 2.75) is 27.7 Å². The molecule has 0 bridgehead atoms. The first-order chi connectivity index (χ1) is 7.54. The van der Waals surface area contributed by atoms with Crippen molar-refractivity contribution in [3.05, 3.63) is 29.3 Å². The second-order valence-electron chi connectivity index (χ2n) is 4.76. The molecular formula is C14H20N2. The van der Waals surface area contributed by atoms with E-state index in [0.29, 0.717) is 11.8 Å². The lowest BCUT2D eigenvalue weighted by molar-refractivity contribution is 0.440. The molecule has 0 radical (unpaired) electrons. The summed E-state index contributed by atoms with van der Waals surface area (Å²) in [5, 5.41) is 12.4. The van der Waals surface area contributed by atoms with Crippen molar-refractivity contribution in [2.24, 2.45) is 11.8 Å².